The fourth-order valence-corrected chi connectivity index (χ4v) is 6.03. The maximum Gasteiger partial charge on any atom is 0.311 e. The van der Waals surface area contributed by atoms with E-state index in [1.54, 1.807) is 0 Å². The molecule has 0 fully saturated rings. The molecule has 41 heavy (non-hydrogen) atoms. The van der Waals surface area contributed by atoms with Gasteiger partial charge in [-0.15, -0.1) is 0 Å². The monoisotopic (exact) mass is 568 g/mol. The van der Waals surface area contributed by atoms with Crippen LogP contribution in [-0.4, -0.2) is 35.4 Å². The van der Waals surface area contributed by atoms with E-state index in [1.165, 1.54) is 0 Å². The molecule has 6 nitrogen and oxygen atoms in total. The minimum atomic E-state index is -0.724. The van der Waals surface area contributed by atoms with Gasteiger partial charge in [0.2, 0.25) is 0 Å². The first-order chi connectivity index (χ1) is 18.6. The fraction of sp³-hybridized carbons (Fsp3) is 0.600. The van der Waals surface area contributed by atoms with E-state index >= 15 is 0 Å². The third-order valence-corrected chi connectivity index (χ3v) is 8.17. The lowest BCUT2D eigenvalue weighted by molar-refractivity contribution is -0.158. The van der Waals surface area contributed by atoms with Crippen molar-refractivity contribution in [2.24, 2.45) is 10.8 Å². The zero-order valence-electron chi connectivity index (χ0n) is 27.4. The lowest BCUT2D eigenvalue weighted by atomic mass is 9.71. The summed E-state index contributed by atoms with van der Waals surface area (Å²) in [5, 5.41) is 20.3. The molecular formula is C35H52O6. The van der Waals surface area contributed by atoms with Crippen molar-refractivity contribution in [1.29, 1.82) is 0 Å². The van der Waals surface area contributed by atoms with Crippen molar-refractivity contribution in [3.05, 3.63) is 57.6 Å². The molecule has 0 heterocycles. The number of hydrogen-bond donors (Lipinski definition) is 2. The summed E-state index contributed by atoms with van der Waals surface area (Å²) in [6.45, 7) is 23.8. The molecule has 0 aliphatic heterocycles. The molecule has 0 radical (unpaired) electrons. The van der Waals surface area contributed by atoms with Crippen LogP contribution in [0.2, 0.25) is 0 Å². The second-order valence-corrected chi connectivity index (χ2v) is 14.4. The van der Waals surface area contributed by atoms with Crippen molar-refractivity contribution in [2.45, 2.75) is 113 Å². The molecule has 0 amide bonds. The molecule has 0 unspecified atom stereocenters. The van der Waals surface area contributed by atoms with Gasteiger partial charge in [0.25, 0.3) is 0 Å². The zero-order valence-corrected chi connectivity index (χ0v) is 27.4. The summed E-state index contributed by atoms with van der Waals surface area (Å²) in [5.74, 6) is 0.0356. The molecular weight excluding hydrogens is 516 g/mol. The summed E-state index contributed by atoms with van der Waals surface area (Å²) in [7, 11) is 0. The zero-order chi connectivity index (χ0) is 31.6. The average molecular weight is 569 g/mol. The highest BCUT2D eigenvalue weighted by molar-refractivity contribution is 5.76. The number of aromatic hydroxyl groups is 2. The van der Waals surface area contributed by atoms with Crippen molar-refractivity contribution in [1.82, 2.24) is 0 Å². The molecule has 2 rings (SSSR count). The number of ether oxygens (including phenoxy) is 2. The number of aryl methyl sites for hydroxylation is 4. The van der Waals surface area contributed by atoms with E-state index in [9.17, 15) is 19.8 Å². The molecule has 0 spiro atoms. The van der Waals surface area contributed by atoms with Crippen LogP contribution in [0.15, 0.2) is 24.3 Å². The highest BCUT2D eigenvalue weighted by Crippen LogP contribution is 2.41. The van der Waals surface area contributed by atoms with E-state index in [2.05, 4.69) is 27.7 Å². The summed E-state index contributed by atoms with van der Waals surface area (Å²) in [5.41, 5.74) is 3.35. The van der Waals surface area contributed by atoms with Crippen LogP contribution < -0.4 is 0 Å². The van der Waals surface area contributed by atoms with E-state index in [4.69, 9.17) is 9.47 Å². The quantitative estimate of drug-likeness (QED) is 0.200. The molecule has 0 saturated heterocycles. The van der Waals surface area contributed by atoms with Gasteiger partial charge in [-0.2, -0.15) is 0 Å². The predicted octanol–water partition coefficient (Wildman–Crippen LogP) is 7.90. The molecule has 0 saturated carbocycles. The van der Waals surface area contributed by atoms with Crippen LogP contribution in [-0.2, 0) is 29.9 Å². The number of carbonyl (C=O) groups excluding carboxylic acids is 2. The number of benzene rings is 2. The van der Waals surface area contributed by atoms with Gasteiger partial charge in [0, 0.05) is 6.42 Å². The largest absolute Gasteiger partial charge is 0.507 e. The Labute approximate surface area is 247 Å². The molecule has 6 heteroatoms. The Morgan fingerprint density at radius 1 is 0.585 bits per heavy atom. The van der Waals surface area contributed by atoms with Gasteiger partial charge < -0.3 is 19.7 Å². The lowest BCUT2D eigenvalue weighted by Crippen LogP contribution is -2.35. The highest BCUT2D eigenvalue weighted by atomic mass is 16.5. The van der Waals surface area contributed by atoms with E-state index < -0.39 is 10.8 Å². The molecule has 2 aromatic rings. The minimum Gasteiger partial charge on any atom is -0.507 e. The summed E-state index contributed by atoms with van der Waals surface area (Å²) in [6, 6.07) is 7.92. The van der Waals surface area contributed by atoms with Crippen molar-refractivity contribution in [3.63, 3.8) is 0 Å². The third kappa shape index (κ3) is 8.50. The fourth-order valence-electron chi connectivity index (χ4n) is 6.03. The molecule has 0 aromatic heterocycles. The Bertz CT molecular complexity index is 1120. The SMILES string of the molecule is Cc1cc(C(C)(C)CC(C)(C)C(=O)OCCCOC(=O)C(C)(C)CC(C)(C)c2cc(C)c(O)c(C)c2)cc(C)c1O. The van der Waals surface area contributed by atoms with Crippen LogP contribution in [0, 0.1) is 38.5 Å². The number of esters is 2. The van der Waals surface area contributed by atoms with Gasteiger partial charge in [0.15, 0.2) is 0 Å². The van der Waals surface area contributed by atoms with E-state index in [1.807, 2.05) is 79.7 Å². The third-order valence-electron chi connectivity index (χ3n) is 8.17. The van der Waals surface area contributed by atoms with E-state index in [-0.39, 0.29) is 36.0 Å². The van der Waals surface area contributed by atoms with Crippen molar-refractivity contribution < 1.29 is 29.3 Å². The first-order valence-corrected chi connectivity index (χ1v) is 14.6. The topological polar surface area (TPSA) is 93.1 Å². The lowest BCUT2D eigenvalue weighted by Gasteiger charge is -2.34. The average Bonchev–Trinajstić information content (AvgIpc) is 2.83. The standard InChI is InChI=1S/C35H52O6/c1-22-16-26(17-23(2)28(22)36)32(5,6)20-34(9,10)30(38)40-14-13-15-41-31(39)35(11,12)21-33(7,8)27-18-24(3)29(37)25(4)19-27/h16-19,36-37H,13-15,20-21H2,1-12H3. The summed E-state index contributed by atoms with van der Waals surface area (Å²) >= 11 is 0. The van der Waals surface area contributed by atoms with Crippen LogP contribution in [0.25, 0.3) is 0 Å². The van der Waals surface area contributed by atoms with Crippen LogP contribution >= 0.6 is 0 Å². The Hall–Kier alpha value is -3.02. The van der Waals surface area contributed by atoms with Crippen molar-refractivity contribution >= 4 is 11.9 Å². The first-order valence-electron chi connectivity index (χ1n) is 14.6. The number of phenolic OH excluding ortho intramolecular Hbond substituents is 2. The maximum atomic E-state index is 13.0. The Morgan fingerprint density at radius 3 is 1.12 bits per heavy atom. The van der Waals surface area contributed by atoms with E-state index in [0.717, 1.165) is 33.4 Å². The van der Waals surface area contributed by atoms with Crippen LogP contribution in [0.3, 0.4) is 0 Å². The number of rotatable bonds is 12. The van der Waals surface area contributed by atoms with Gasteiger partial charge in [0.05, 0.1) is 24.0 Å². The Balaban J connectivity index is 1.89. The number of carbonyl (C=O) groups is 2. The second-order valence-electron chi connectivity index (χ2n) is 14.4. The van der Waals surface area contributed by atoms with Gasteiger partial charge >= 0.3 is 11.9 Å². The van der Waals surface area contributed by atoms with E-state index in [0.29, 0.717) is 30.8 Å². The van der Waals surface area contributed by atoms with Gasteiger partial charge in [-0.1, -0.05) is 52.0 Å². The number of hydrogen-bond acceptors (Lipinski definition) is 6. The minimum absolute atomic E-state index is 0.172. The van der Waals surface area contributed by atoms with Crippen LogP contribution in [0.4, 0.5) is 0 Å². The summed E-state index contributed by atoms with van der Waals surface area (Å²) < 4.78 is 11.2. The Morgan fingerprint density at radius 2 is 0.854 bits per heavy atom. The summed E-state index contributed by atoms with van der Waals surface area (Å²) in [6.07, 6.45) is 1.56. The van der Waals surface area contributed by atoms with Crippen molar-refractivity contribution in [2.75, 3.05) is 13.2 Å². The molecule has 0 aliphatic rings. The first kappa shape index (κ1) is 34.2. The Kier molecular flexibility index (Phi) is 10.4. The van der Waals surface area contributed by atoms with Crippen LogP contribution in [0.1, 0.15) is 108 Å². The molecule has 2 N–H and O–H groups in total. The van der Waals surface area contributed by atoms with Gasteiger partial charge in [0.1, 0.15) is 11.5 Å². The summed E-state index contributed by atoms with van der Waals surface area (Å²) in [4.78, 5) is 26.0. The second kappa shape index (κ2) is 12.5. The molecule has 0 aliphatic carbocycles. The normalized spacial score (nSPS) is 12.8. The molecule has 2 aromatic carbocycles. The highest BCUT2D eigenvalue weighted by Gasteiger charge is 2.38. The number of phenols is 2. The molecule has 0 atom stereocenters. The van der Waals surface area contributed by atoms with Gasteiger partial charge in [-0.05, 0) is 112 Å². The van der Waals surface area contributed by atoms with Crippen LogP contribution in [0.5, 0.6) is 11.5 Å². The smallest absolute Gasteiger partial charge is 0.311 e. The molecule has 0 bridgehead atoms. The van der Waals surface area contributed by atoms with Crippen molar-refractivity contribution in [3.8, 4) is 11.5 Å². The predicted molar refractivity (Wildman–Crippen MR) is 165 cm³/mol. The molecule has 228 valence electrons. The van der Waals surface area contributed by atoms with Gasteiger partial charge in [-0.3, -0.25) is 9.59 Å². The maximum absolute atomic E-state index is 13.0. The van der Waals surface area contributed by atoms with Gasteiger partial charge in [-0.25, -0.2) is 0 Å².